The number of piperidine rings is 1. The van der Waals surface area contributed by atoms with Crippen molar-refractivity contribution in [3.8, 4) is 0 Å². The third-order valence-electron chi connectivity index (χ3n) is 2.43. The van der Waals surface area contributed by atoms with Gasteiger partial charge in [0.25, 0.3) is 0 Å². The van der Waals surface area contributed by atoms with Crippen molar-refractivity contribution < 1.29 is 23.9 Å². The number of hydrogen-bond donors (Lipinski definition) is 0. The van der Waals surface area contributed by atoms with E-state index in [4.69, 9.17) is 4.74 Å². The van der Waals surface area contributed by atoms with Crippen molar-refractivity contribution in [1.82, 2.24) is 4.90 Å². The van der Waals surface area contributed by atoms with Crippen molar-refractivity contribution in [3.63, 3.8) is 0 Å². The number of hydrogen-bond acceptors (Lipinski definition) is 5. The number of carbonyl (C=O) groups excluding carboxylic acids is 3. The average Bonchev–Trinajstić information content (AvgIpc) is 2.29. The molecule has 0 spiro atoms. The second kappa shape index (κ2) is 5.48. The Morgan fingerprint density at radius 2 is 2.19 bits per heavy atom. The lowest BCUT2D eigenvalue weighted by atomic mass is 9.97. The second-order valence-corrected chi connectivity index (χ2v) is 3.44. The fourth-order valence-electron chi connectivity index (χ4n) is 1.56. The van der Waals surface area contributed by atoms with E-state index in [1.54, 1.807) is 6.92 Å². The van der Waals surface area contributed by atoms with Crippen LogP contribution in [0.5, 0.6) is 0 Å². The minimum absolute atomic E-state index is 0.0460. The summed E-state index contributed by atoms with van der Waals surface area (Å²) in [6.45, 7) is 2.31. The van der Waals surface area contributed by atoms with E-state index in [1.165, 1.54) is 12.0 Å². The maximum absolute atomic E-state index is 11.4. The molecule has 1 aliphatic heterocycles. The minimum Gasteiger partial charge on any atom is -0.468 e. The molecule has 1 atom stereocenters. The average molecular weight is 229 g/mol. The number of nitrogens with zero attached hydrogens (tertiary/aromatic N) is 1. The summed E-state index contributed by atoms with van der Waals surface area (Å²) in [6.07, 6.45) is -0.331. The van der Waals surface area contributed by atoms with Crippen molar-refractivity contribution >= 4 is 17.8 Å². The van der Waals surface area contributed by atoms with E-state index >= 15 is 0 Å². The lowest BCUT2D eigenvalue weighted by Gasteiger charge is -2.29. The molecule has 1 saturated heterocycles. The van der Waals surface area contributed by atoms with Gasteiger partial charge in [-0.2, -0.15) is 0 Å². The Hall–Kier alpha value is -1.59. The molecule has 6 heteroatoms. The van der Waals surface area contributed by atoms with Crippen molar-refractivity contribution in [3.05, 3.63) is 0 Å². The molecule has 0 aromatic heterocycles. The first-order valence-electron chi connectivity index (χ1n) is 5.12. The summed E-state index contributed by atoms with van der Waals surface area (Å²) in [5.74, 6) is -1.66. The number of Topliss-reactive ketones (excluding diaryl/α,β-unsaturated/α-hetero) is 1. The molecule has 0 aromatic carbocycles. The van der Waals surface area contributed by atoms with Crippen LogP contribution in [0.15, 0.2) is 0 Å². The molecule has 0 saturated carbocycles. The van der Waals surface area contributed by atoms with Crippen LogP contribution in [-0.4, -0.2) is 49.6 Å². The SMILES string of the molecule is CCOC(=O)N1CCC(=O)C(C(=O)OC)C1. The fraction of sp³-hybridized carbons (Fsp3) is 0.700. The van der Waals surface area contributed by atoms with Gasteiger partial charge >= 0.3 is 12.1 Å². The molecule has 1 rings (SSSR count). The smallest absolute Gasteiger partial charge is 0.409 e. The van der Waals surface area contributed by atoms with E-state index < -0.39 is 18.0 Å². The highest BCUT2D eigenvalue weighted by Crippen LogP contribution is 2.15. The van der Waals surface area contributed by atoms with E-state index in [2.05, 4.69) is 4.74 Å². The Bertz CT molecular complexity index is 294. The summed E-state index contributed by atoms with van der Waals surface area (Å²) in [7, 11) is 1.22. The molecule has 0 aliphatic carbocycles. The number of esters is 1. The Morgan fingerprint density at radius 3 is 2.75 bits per heavy atom. The Labute approximate surface area is 93.5 Å². The minimum atomic E-state index is -0.872. The van der Waals surface area contributed by atoms with E-state index in [0.717, 1.165) is 0 Å². The number of rotatable bonds is 2. The first-order valence-corrected chi connectivity index (χ1v) is 5.12. The maximum Gasteiger partial charge on any atom is 0.409 e. The number of ether oxygens (including phenoxy) is 2. The van der Waals surface area contributed by atoms with Crippen molar-refractivity contribution in [2.45, 2.75) is 13.3 Å². The van der Waals surface area contributed by atoms with Crippen LogP contribution in [0.3, 0.4) is 0 Å². The quantitative estimate of drug-likeness (QED) is 0.500. The van der Waals surface area contributed by atoms with Crippen LogP contribution in [-0.2, 0) is 19.1 Å². The van der Waals surface area contributed by atoms with E-state index in [9.17, 15) is 14.4 Å². The van der Waals surface area contributed by atoms with Crippen LogP contribution < -0.4 is 0 Å². The molecule has 0 radical (unpaired) electrons. The van der Waals surface area contributed by atoms with Crippen LogP contribution in [0.1, 0.15) is 13.3 Å². The van der Waals surface area contributed by atoms with Gasteiger partial charge in [0.15, 0.2) is 5.78 Å². The van der Waals surface area contributed by atoms with E-state index in [0.29, 0.717) is 6.54 Å². The summed E-state index contributed by atoms with van der Waals surface area (Å²) in [6, 6.07) is 0. The van der Waals surface area contributed by atoms with Crippen molar-refractivity contribution in [1.29, 1.82) is 0 Å². The van der Waals surface area contributed by atoms with Gasteiger partial charge in [-0.1, -0.05) is 0 Å². The molecule has 0 N–H and O–H groups in total. The maximum atomic E-state index is 11.4. The van der Waals surface area contributed by atoms with E-state index in [1.807, 2.05) is 0 Å². The molecule has 1 fully saturated rings. The zero-order valence-electron chi connectivity index (χ0n) is 9.39. The summed E-state index contributed by atoms with van der Waals surface area (Å²) in [5, 5.41) is 0. The van der Waals surface area contributed by atoms with Gasteiger partial charge in [-0.25, -0.2) is 4.79 Å². The zero-order valence-corrected chi connectivity index (χ0v) is 9.39. The largest absolute Gasteiger partial charge is 0.468 e. The van der Waals surface area contributed by atoms with Gasteiger partial charge in [-0.15, -0.1) is 0 Å². The van der Waals surface area contributed by atoms with Gasteiger partial charge in [0.05, 0.1) is 13.7 Å². The van der Waals surface area contributed by atoms with Crippen LogP contribution in [0.2, 0.25) is 0 Å². The molecule has 0 aromatic rings. The van der Waals surface area contributed by atoms with E-state index in [-0.39, 0.29) is 25.4 Å². The molecule has 90 valence electrons. The van der Waals surface area contributed by atoms with Gasteiger partial charge in [0, 0.05) is 19.5 Å². The lowest BCUT2D eigenvalue weighted by molar-refractivity contribution is -0.151. The fourth-order valence-corrected chi connectivity index (χ4v) is 1.56. The summed E-state index contributed by atoms with van der Waals surface area (Å²) in [5.41, 5.74) is 0. The third kappa shape index (κ3) is 2.71. The van der Waals surface area contributed by atoms with Gasteiger partial charge < -0.3 is 14.4 Å². The van der Waals surface area contributed by atoms with Gasteiger partial charge in [-0.3, -0.25) is 9.59 Å². The second-order valence-electron chi connectivity index (χ2n) is 3.44. The monoisotopic (exact) mass is 229 g/mol. The van der Waals surface area contributed by atoms with Crippen LogP contribution >= 0.6 is 0 Å². The molecule has 16 heavy (non-hydrogen) atoms. The number of ketones is 1. The van der Waals surface area contributed by atoms with Gasteiger partial charge in [-0.05, 0) is 6.92 Å². The number of carbonyl (C=O) groups is 3. The summed E-state index contributed by atoms with van der Waals surface area (Å²) < 4.78 is 9.31. The Kier molecular flexibility index (Phi) is 4.28. The standard InChI is InChI=1S/C10H15NO5/c1-3-16-10(14)11-5-4-8(12)7(6-11)9(13)15-2/h7H,3-6H2,1-2H3. The predicted molar refractivity (Wildman–Crippen MR) is 53.7 cm³/mol. The Balaban J connectivity index is 2.63. The summed E-state index contributed by atoms with van der Waals surface area (Å²) in [4.78, 5) is 35.5. The predicted octanol–water partition coefficient (Wildman–Crippen LogP) is 0.207. The highest BCUT2D eigenvalue weighted by atomic mass is 16.6. The third-order valence-corrected chi connectivity index (χ3v) is 2.43. The number of methoxy groups -OCH3 is 1. The molecule has 1 amide bonds. The highest BCUT2D eigenvalue weighted by Gasteiger charge is 2.35. The Morgan fingerprint density at radius 1 is 1.50 bits per heavy atom. The zero-order chi connectivity index (χ0) is 12.1. The topological polar surface area (TPSA) is 72.9 Å². The van der Waals surface area contributed by atoms with Crippen LogP contribution in [0.4, 0.5) is 4.79 Å². The first kappa shape index (κ1) is 12.5. The molecular weight excluding hydrogens is 214 g/mol. The van der Waals surface area contributed by atoms with Crippen LogP contribution in [0, 0.1) is 5.92 Å². The molecule has 1 unspecified atom stereocenters. The number of amides is 1. The lowest BCUT2D eigenvalue weighted by Crippen LogP contribution is -2.47. The molecular formula is C10H15NO5. The molecule has 0 bridgehead atoms. The molecule has 1 aliphatic rings. The van der Waals surface area contributed by atoms with Gasteiger partial charge in [0.1, 0.15) is 5.92 Å². The first-order chi connectivity index (χ1) is 7.60. The normalized spacial score (nSPS) is 20.5. The number of likely N-dealkylation sites (tertiary alicyclic amines) is 1. The molecule has 6 nitrogen and oxygen atoms in total. The van der Waals surface area contributed by atoms with Crippen LogP contribution in [0.25, 0.3) is 0 Å². The highest BCUT2D eigenvalue weighted by molar-refractivity contribution is 6.00. The van der Waals surface area contributed by atoms with Crippen molar-refractivity contribution in [2.24, 2.45) is 5.92 Å². The summed E-state index contributed by atoms with van der Waals surface area (Å²) >= 11 is 0. The molecule has 1 heterocycles. The van der Waals surface area contributed by atoms with Crippen molar-refractivity contribution in [2.75, 3.05) is 26.8 Å². The van der Waals surface area contributed by atoms with Gasteiger partial charge in [0.2, 0.25) is 0 Å².